The number of allylic oxidation sites excluding steroid dienone is 1. The Morgan fingerprint density at radius 1 is 1.14 bits per heavy atom. The molecule has 0 saturated carbocycles. The second-order valence-corrected chi connectivity index (χ2v) is 9.85. The molecule has 1 aliphatic rings. The van der Waals surface area contributed by atoms with E-state index in [1.807, 2.05) is 33.9 Å². The van der Waals surface area contributed by atoms with Crippen molar-refractivity contribution in [1.29, 1.82) is 0 Å². The Kier molecular flexibility index (Phi) is 6.81. The summed E-state index contributed by atoms with van der Waals surface area (Å²) < 4.78 is 17.6. The summed E-state index contributed by atoms with van der Waals surface area (Å²) in [6.45, 7) is 11.6. The van der Waals surface area contributed by atoms with Crippen LogP contribution in [-0.4, -0.2) is 29.4 Å². The van der Waals surface area contributed by atoms with Gasteiger partial charge in [-0.25, -0.2) is 4.39 Å². The van der Waals surface area contributed by atoms with Crippen LogP contribution in [0.2, 0.25) is 0 Å². The monoisotopic (exact) mass is 494 g/mol. The number of halogens is 1. The summed E-state index contributed by atoms with van der Waals surface area (Å²) in [6.07, 6.45) is 4.26. The highest BCUT2D eigenvalue weighted by atomic mass is 19.1. The Labute approximate surface area is 216 Å². The van der Waals surface area contributed by atoms with E-state index in [0.717, 1.165) is 23.1 Å². The molecule has 3 aromatic carbocycles. The quantitative estimate of drug-likeness (QED) is 0.326. The van der Waals surface area contributed by atoms with E-state index in [2.05, 4.69) is 49.6 Å². The molecule has 1 saturated heterocycles. The molecular weight excluding hydrogens is 463 g/mol. The van der Waals surface area contributed by atoms with Gasteiger partial charge in [-0.15, -0.1) is 0 Å². The van der Waals surface area contributed by atoms with Crippen molar-refractivity contribution >= 4 is 28.2 Å². The van der Waals surface area contributed by atoms with Crippen molar-refractivity contribution in [2.24, 2.45) is 5.92 Å². The largest absolute Gasteiger partial charge is 0.396 e. The normalized spacial score (nSPS) is 15.3. The fourth-order valence-electron chi connectivity index (χ4n) is 5.31. The van der Waals surface area contributed by atoms with Crippen LogP contribution in [0.3, 0.4) is 0 Å². The maximum Gasteiger partial charge on any atom is 0.196 e. The second kappa shape index (κ2) is 10.2. The number of rotatable bonds is 7. The predicted molar refractivity (Wildman–Crippen MR) is 151 cm³/mol. The number of hydrogen-bond donors (Lipinski definition) is 1. The Bertz CT molecular complexity index is 1540. The van der Waals surface area contributed by atoms with Crippen LogP contribution in [0.1, 0.15) is 30.0 Å². The lowest BCUT2D eigenvalue weighted by atomic mass is 10.00. The van der Waals surface area contributed by atoms with Crippen molar-refractivity contribution < 1.29 is 9.50 Å². The number of benzene rings is 3. The van der Waals surface area contributed by atoms with Gasteiger partial charge in [0.2, 0.25) is 0 Å². The molecular formula is C32H31FN2O2. The molecule has 0 aliphatic carbocycles. The Morgan fingerprint density at radius 2 is 1.84 bits per heavy atom. The number of hydrogen-bond acceptors (Lipinski definition) is 3. The number of nitrogens with zero attached hydrogens (tertiary/aromatic N) is 2. The maximum absolute atomic E-state index is 15.6. The minimum atomic E-state index is -0.448. The highest BCUT2D eigenvalue weighted by molar-refractivity contribution is 5.95. The third-order valence-electron chi connectivity index (χ3n) is 7.26. The Balaban J connectivity index is 1.66. The van der Waals surface area contributed by atoms with E-state index in [1.54, 1.807) is 13.0 Å². The highest BCUT2D eigenvalue weighted by Crippen LogP contribution is 2.36. The van der Waals surface area contributed by atoms with Gasteiger partial charge in [0, 0.05) is 54.9 Å². The van der Waals surface area contributed by atoms with E-state index in [9.17, 15) is 9.90 Å². The van der Waals surface area contributed by atoms with Crippen LogP contribution in [0.25, 0.3) is 33.7 Å². The van der Waals surface area contributed by atoms with Gasteiger partial charge >= 0.3 is 0 Å². The summed E-state index contributed by atoms with van der Waals surface area (Å²) in [7, 11) is 0. The molecule has 5 heteroatoms. The van der Waals surface area contributed by atoms with Gasteiger partial charge in [-0.05, 0) is 41.7 Å². The molecule has 0 amide bonds. The number of pyridine rings is 1. The van der Waals surface area contributed by atoms with Crippen LogP contribution in [-0.2, 0) is 6.54 Å². The molecule has 37 heavy (non-hydrogen) atoms. The van der Waals surface area contributed by atoms with Crippen LogP contribution >= 0.6 is 0 Å². The van der Waals surface area contributed by atoms with E-state index >= 15 is 4.39 Å². The first-order valence-electron chi connectivity index (χ1n) is 12.6. The Morgan fingerprint density at radius 3 is 2.46 bits per heavy atom. The van der Waals surface area contributed by atoms with Gasteiger partial charge in [0.1, 0.15) is 5.82 Å². The standard InChI is InChI=1S/C32H31FN2O2/c1-4-26-30-27(16-29(33)31(26)34-15-14-23(18-34)20-36)32(37)28(21(2)3)19-35(30)17-22-10-12-25(13-11-22)24-8-6-5-7-9-24/h4-13,16,19,23,36H,1-2,14-15,17-18,20H2,3H3. The molecule has 0 bridgehead atoms. The minimum Gasteiger partial charge on any atom is -0.396 e. The zero-order valence-corrected chi connectivity index (χ0v) is 21.1. The molecule has 1 aliphatic heterocycles. The first-order valence-corrected chi connectivity index (χ1v) is 12.6. The number of aromatic nitrogens is 1. The van der Waals surface area contributed by atoms with Crippen molar-refractivity contribution in [2.75, 3.05) is 24.6 Å². The average Bonchev–Trinajstić information content (AvgIpc) is 3.39. The van der Waals surface area contributed by atoms with Gasteiger partial charge in [-0.2, -0.15) is 0 Å². The number of aliphatic hydroxyl groups is 1. The van der Waals surface area contributed by atoms with Crippen LogP contribution in [0.4, 0.5) is 10.1 Å². The zero-order chi connectivity index (χ0) is 26.1. The first-order chi connectivity index (χ1) is 17.9. The molecule has 0 radical (unpaired) electrons. The fourth-order valence-corrected chi connectivity index (χ4v) is 5.31. The molecule has 188 valence electrons. The maximum atomic E-state index is 15.6. The van der Waals surface area contributed by atoms with Crippen LogP contribution in [0.5, 0.6) is 0 Å². The molecule has 1 fully saturated rings. The van der Waals surface area contributed by atoms with E-state index < -0.39 is 5.82 Å². The number of anilines is 1. The summed E-state index contributed by atoms with van der Waals surface area (Å²) in [5.74, 6) is -0.348. The third kappa shape index (κ3) is 4.63. The van der Waals surface area contributed by atoms with Gasteiger partial charge in [-0.3, -0.25) is 4.79 Å². The van der Waals surface area contributed by atoms with E-state index in [0.29, 0.717) is 52.9 Å². The second-order valence-electron chi connectivity index (χ2n) is 9.85. The van der Waals surface area contributed by atoms with Gasteiger partial charge in [0.15, 0.2) is 5.43 Å². The lowest BCUT2D eigenvalue weighted by Gasteiger charge is -2.25. The average molecular weight is 495 g/mol. The molecule has 1 N–H and O–H groups in total. The molecule has 1 unspecified atom stereocenters. The molecule has 4 aromatic rings. The summed E-state index contributed by atoms with van der Waals surface area (Å²) >= 11 is 0. The summed E-state index contributed by atoms with van der Waals surface area (Å²) in [5.41, 5.74) is 5.89. The fraction of sp³-hybridized carbons (Fsp3) is 0.219. The highest BCUT2D eigenvalue weighted by Gasteiger charge is 2.28. The molecule has 5 rings (SSSR count). The van der Waals surface area contributed by atoms with Gasteiger partial charge in [0.05, 0.1) is 11.2 Å². The van der Waals surface area contributed by atoms with Crippen molar-refractivity contribution in [3.05, 3.63) is 113 Å². The van der Waals surface area contributed by atoms with Gasteiger partial charge in [0.25, 0.3) is 0 Å². The third-order valence-corrected chi connectivity index (χ3v) is 7.26. The van der Waals surface area contributed by atoms with E-state index in [1.165, 1.54) is 6.07 Å². The molecule has 2 heterocycles. The first kappa shape index (κ1) is 24.7. The molecule has 1 atom stereocenters. The van der Waals surface area contributed by atoms with Gasteiger partial charge < -0.3 is 14.6 Å². The van der Waals surface area contributed by atoms with Crippen LogP contribution in [0, 0.1) is 11.7 Å². The molecule has 4 nitrogen and oxygen atoms in total. The van der Waals surface area contributed by atoms with E-state index in [4.69, 9.17) is 0 Å². The topological polar surface area (TPSA) is 45.5 Å². The lowest BCUT2D eigenvalue weighted by Crippen LogP contribution is -2.24. The van der Waals surface area contributed by atoms with Crippen molar-refractivity contribution in [1.82, 2.24) is 4.57 Å². The van der Waals surface area contributed by atoms with Gasteiger partial charge in [-0.1, -0.05) is 73.8 Å². The van der Waals surface area contributed by atoms with E-state index in [-0.39, 0.29) is 18.0 Å². The lowest BCUT2D eigenvalue weighted by molar-refractivity contribution is 0.238. The Hall–Kier alpha value is -3.96. The summed E-state index contributed by atoms with van der Waals surface area (Å²) in [5, 5.41) is 9.94. The SMILES string of the molecule is C=Cc1c(N2CCC(CO)C2)c(F)cc2c(=O)c(C(=C)C)cn(Cc3ccc(-c4ccccc4)cc3)c12. The number of aliphatic hydroxyl groups excluding tert-OH is 1. The molecule has 0 spiro atoms. The smallest absolute Gasteiger partial charge is 0.196 e. The van der Waals surface area contributed by atoms with Crippen LogP contribution in [0.15, 0.2) is 84.8 Å². The molecule has 1 aromatic heterocycles. The minimum absolute atomic E-state index is 0.0702. The number of fused-ring (bicyclic) bond motifs is 1. The summed E-state index contributed by atoms with van der Waals surface area (Å²) in [6, 6.07) is 19.9. The summed E-state index contributed by atoms with van der Waals surface area (Å²) in [4.78, 5) is 15.4. The van der Waals surface area contributed by atoms with Crippen molar-refractivity contribution in [3.8, 4) is 11.1 Å². The predicted octanol–water partition coefficient (Wildman–Crippen LogP) is 6.35. The van der Waals surface area contributed by atoms with Crippen LogP contribution < -0.4 is 10.3 Å². The van der Waals surface area contributed by atoms with Crippen molar-refractivity contribution in [3.63, 3.8) is 0 Å². The zero-order valence-electron chi connectivity index (χ0n) is 21.1. The van der Waals surface area contributed by atoms with Crippen molar-refractivity contribution in [2.45, 2.75) is 19.9 Å².